The van der Waals surface area contributed by atoms with E-state index >= 15 is 0 Å². The SMILES string of the molecule is Cc1ccc(-c2nc(C#N)c(N(C)C3CCN(C)CC3)o2)cc1. The molecule has 0 atom stereocenters. The molecule has 0 aliphatic carbocycles. The molecule has 5 nitrogen and oxygen atoms in total. The van der Waals surface area contributed by atoms with Gasteiger partial charge in [0.1, 0.15) is 6.07 Å². The van der Waals surface area contributed by atoms with E-state index in [1.807, 2.05) is 38.2 Å². The van der Waals surface area contributed by atoms with Crippen LogP contribution in [0.1, 0.15) is 24.1 Å². The minimum atomic E-state index is 0.363. The third-order valence-corrected chi connectivity index (χ3v) is 4.57. The van der Waals surface area contributed by atoms with Crippen LogP contribution in [0.2, 0.25) is 0 Å². The van der Waals surface area contributed by atoms with Crippen LogP contribution in [-0.2, 0) is 0 Å². The first-order chi connectivity index (χ1) is 11.1. The lowest BCUT2D eigenvalue weighted by Gasteiger charge is -2.34. The summed E-state index contributed by atoms with van der Waals surface area (Å²) in [5.41, 5.74) is 2.45. The Balaban J connectivity index is 1.87. The Morgan fingerprint density at radius 3 is 2.52 bits per heavy atom. The maximum Gasteiger partial charge on any atom is 0.235 e. The second kappa shape index (κ2) is 6.43. The highest BCUT2D eigenvalue weighted by molar-refractivity contribution is 5.59. The number of hydrogen-bond acceptors (Lipinski definition) is 5. The number of nitrogens with zero attached hydrogens (tertiary/aromatic N) is 4. The molecular formula is C18H22N4O. The maximum absolute atomic E-state index is 9.40. The van der Waals surface area contributed by atoms with Gasteiger partial charge in [-0.25, -0.2) is 0 Å². The number of aryl methyl sites for hydroxylation is 1. The van der Waals surface area contributed by atoms with Crippen molar-refractivity contribution in [3.63, 3.8) is 0 Å². The third-order valence-electron chi connectivity index (χ3n) is 4.57. The van der Waals surface area contributed by atoms with Crippen LogP contribution in [0.5, 0.6) is 0 Å². The fourth-order valence-corrected chi connectivity index (χ4v) is 2.99. The highest BCUT2D eigenvalue weighted by Crippen LogP contribution is 2.30. The van der Waals surface area contributed by atoms with Crippen LogP contribution in [0.15, 0.2) is 28.7 Å². The average molecular weight is 310 g/mol. The summed E-state index contributed by atoms with van der Waals surface area (Å²) >= 11 is 0. The van der Waals surface area contributed by atoms with E-state index in [0.29, 0.717) is 23.5 Å². The number of benzene rings is 1. The molecule has 0 radical (unpaired) electrons. The van der Waals surface area contributed by atoms with Gasteiger partial charge in [-0.2, -0.15) is 10.2 Å². The molecule has 0 saturated carbocycles. The molecule has 1 aliphatic rings. The van der Waals surface area contributed by atoms with Gasteiger partial charge in [-0.05, 0) is 52.0 Å². The van der Waals surface area contributed by atoms with Gasteiger partial charge in [0.25, 0.3) is 0 Å². The Morgan fingerprint density at radius 1 is 1.26 bits per heavy atom. The molecule has 120 valence electrons. The number of oxazole rings is 1. The van der Waals surface area contributed by atoms with E-state index in [1.54, 1.807) is 0 Å². The van der Waals surface area contributed by atoms with Crippen molar-refractivity contribution in [2.45, 2.75) is 25.8 Å². The summed E-state index contributed by atoms with van der Waals surface area (Å²) in [6, 6.07) is 10.5. The van der Waals surface area contributed by atoms with Gasteiger partial charge in [-0.3, -0.25) is 0 Å². The van der Waals surface area contributed by atoms with Crippen molar-refractivity contribution in [3.8, 4) is 17.5 Å². The van der Waals surface area contributed by atoms with Gasteiger partial charge in [0.05, 0.1) is 0 Å². The number of anilines is 1. The summed E-state index contributed by atoms with van der Waals surface area (Å²) < 4.78 is 5.95. The largest absolute Gasteiger partial charge is 0.419 e. The number of rotatable bonds is 3. The molecule has 1 saturated heterocycles. The zero-order chi connectivity index (χ0) is 16.4. The summed E-state index contributed by atoms with van der Waals surface area (Å²) in [5.74, 6) is 1.09. The Labute approximate surface area is 137 Å². The first-order valence-electron chi connectivity index (χ1n) is 7.98. The quantitative estimate of drug-likeness (QED) is 0.872. The number of piperidine rings is 1. The normalized spacial score (nSPS) is 16.3. The van der Waals surface area contributed by atoms with Crippen molar-refractivity contribution >= 4 is 5.88 Å². The lowest BCUT2D eigenvalue weighted by molar-refractivity contribution is 0.250. The van der Waals surface area contributed by atoms with E-state index in [0.717, 1.165) is 31.5 Å². The van der Waals surface area contributed by atoms with Crippen LogP contribution >= 0.6 is 0 Å². The van der Waals surface area contributed by atoms with Gasteiger partial charge in [-0.15, -0.1) is 0 Å². The second-order valence-corrected chi connectivity index (χ2v) is 6.30. The molecule has 1 aromatic heterocycles. The van der Waals surface area contributed by atoms with E-state index < -0.39 is 0 Å². The molecule has 23 heavy (non-hydrogen) atoms. The highest BCUT2D eigenvalue weighted by Gasteiger charge is 2.26. The van der Waals surface area contributed by atoms with Gasteiger partial charge in [0.2, 0.25) is 17.5 Å². The molecule has 0 bridgehead atoms. The summed E-state index contributed by atoms with van der Waals surface area (Å²) in [5, 5.41) is 9.40. The first kappa shape index (κ1) is 15.6. The van der Waals surface area contributed by atoms with Crippen LogP contribution in [0.4, 0.5) is 5.88 Å². The number of nitriles is 1. The third kappa shape index (κ3) is 3.22. The molecule has 1 aliphatic heterocycles. The van der Waals surface area contributed by atoms with E-state index in [2.05, 4.69) is 27.9 Å². The number of aromatic nitrogens is 1. The van der Waals surface area contributed by atoms with Gasteiger partial charge in [0.15, 0.2) is 0 Å². The topological polar surface area (TPSA) is 56.3 Å². The monoisotopic (exact) mass is 310 g/mol. The van der Waals surface area contributed by atoms with Crippen molar-refractivity contribution in [2.24, 2.45) is 0 Å². The Hall–Kier alpha value is -2.32. The summed E-state index contributed by atoms with van der Waals surface area (Å²) in [7, 11) is 4.14. The van der Waals surface area contributed by atoms with Gasteiger partial charge < -0.3 is 14.2 Å². The Morgan fingerprint density at radius 2 is 1.91 bits per heavy atom. The zero-order valence-electron chi connectivity index (χ0n) is 13.9. The fraction of sp³-hybridized carbons (Fsp3) is 0.444. The minimum absolute atomic E-state index is 0.363. The van der Waals surface area contributed by atoms with E-state index in [4.69, 9.17) is 4.42 Å². The first-order valence-corrected chi connectivity index (χ1v) is 7.98. The van der Waals surface area contributed by atoms with Crippen molar-refractivity contribution in [3.05, 3.63) is 35.5 Å². The van der Waals surface area contributed by atoms with Crippen LogP contribution in [-0.4, -0.2) is 43.1 Å². The van der Waals surface area contributed by atoms with Crippen molar-refractivity contribution in [2.75, 3.05) is 32.1 Å². The smallest absolute Gasteiger partial charge is 0.235 e. The molecule has 0 N–H and O–H groups in total. The lowest BCUT2D eigenvalue weighted by atomic mass is 10.0. The van der Waals surface area contributed by atoms with E-state index in [-0.39, 0.29) is 0 Å². The Kier molecular flexibility index (Phi) is 4.35. The van der Waals surface area contributed by atoms with Crippen LogP contribution in [0.3, 0.4) is 0 Å². The number of likely N-dealkylation sites (tertiary alicyclic amines) is 1. The molecule has 3 rings (SSSR count). The molecule has 1 fully saturated rings. The molecule has 5 heteroatoms. The zero-order valence-corrected chi connectivity index (χ0v) is 13.9. The van der Waals surface area contributed by atoms with Gasteiger partial charge in [0, 0.05) is 18.7 Å². The highest BCUT2D eigenvalue weighted by atomic mass is 16.4. The average Bonchev–Trinajstić information content (AvgIpc) is 3.00. The van der Waals surface area contributed by atoms with Gasteiger partial charge in [-0.1, -0.05) is 17.7 Å². The summed E-state index contributed by atoms with van der Waals surface area (Å²) in [6.07, 6.45) is 2.14. The molecule has 2 aromatic rings. The Bertz CT molecular complexity index is 706. The standard InChI is InChI=1S/C18H22N4O/c1-13-4-6-14(7-5-13)17-20-16(12-19)18(23-17)22(3)15-8-10-21(2)11-9-15/h4-7,15H,8-11H2,1-3H3. The molecule has 0 spiro atoms. The molecular weight excluding hydrogens is 288 g/mol. The van der Waals surface area contributed by atoms with Gasteiger partial charge >= 0.3 is 0 Å². The molecule has 0 amide bonds. The van der Waals surface area contributed by atoms with Crippen molar-refractivity contribution in [1.82, 2.24) is 9.88 Å². The maximum atomic E-state index is 9.40. The second-order valence-electron chi connectivity index (χ2n) is 6.30. The van der Waals surface area contributed by atoms with Crippen LogP contribution in [0.25, 0.3) is 11.5 Å². The molecule has 1 aromatic carbocycles. The van der Waals surface area contributed by atoms with E-state index in [9.17, 15) is 5.26 Å². The minimum Gasteiger partial charge on any atom is -0.419 e. The number of hydrogen-bond donors (Lipinski definition) is 0. The predicted molar refractivity (Wildman–Crippen MR) is 90.3 cm³/mol. The molecule has 2 heterocycles. The van der Waals surface area contributed by atoms with Crippen LogP contribution < -0.4 is 4.90 Å². The van der Waals surface area contributed by atoms with Crippen molar-refractivity contribution in [1.29, 1.82) is 5.26 Å². The summed E-state index contributed by atoms with van der Waals surface area (Å²) in [6.45, 7) is 4.17. The van der Waals surface area contributed by atoms with E-state index in [1.165, 1.54) is 5.56 Å². The van der Waals surface area contributed by atoms with Crippen LogP contribution in [0, 0.1) is 18.3 Å². The fourth-order valence-electron chi connectivity index (χ4n) is 2.99. The lowest BCUT2D eigenvalue weighted by Crippen LogP contribution is -2.42. The predicted octanol–water partition coefficient (Wildman–Crippen LogP) is 3.05. The molecule has 0 unspecified atom stereocenters. The van der Waals surface area contributed by atoms with Crippen molar-refractivity contribution < 1.29 is 4.42 Å². The summed E-state index contributed by atoms with van der Waals surface area (Å²) in [4.78, 5) is 8.79.